The first kappa shape index (κ1) is 13.9. The first-order chi connectivity index (χ1) is 10.2. The summed E-state index contributed by atoms with van der Waals surface area (Å²) in [4.78, 5) is 0. The van der Waals surface area contributed by atoms with Crippen molar-refractivity contribution < 1.29 is 5.11 Å². The lowest BCUT2D eigenvalue weighted by atomic mass is 10.1. The smallest absolute Gasteiger partial charge is 0.0991 e. The molecule has 1 N–H and O–H groups in total. The van der Waals surface area contributed by atoms with Gasteiger partial charge in [0.2, 0.25) is 0 Å². The van der Waals surface area contributed by atoms with Crippen LogP contribution in [-0.4, -0.2) is 9.67 Å². The molecule has 108 valence electrons. The summed E-state index contributed by atoms with van der Waals surface area (Å²) < 4.78 is 2.16. The Balaban J connectivity index is 1.86. The van der Waals surface area contributed by atoms with Gasteiger partial charge in [0.1, 0.15) is 0 Å². The molecule has 1 aromatic carbocycles. The molecule has 0 saturated carbocycles. The van der Waals surface area contributed by atoms with E-state index in [1.807, 2.05) is 25.1 Å². The van der Waals surface area contributed by atoms with Crippen LogP contribution < -0.4 is 0 Å². The van der Waals surface area contributed by atoms with Crippen LogP contribution in [0.15, 0.2) is 30.6 Å². The first-order valence-corrected chi connectivity index (χ1v) is 7.53. The molecule has 2 aromatic rings. The molecule has 1 aliphatic carbocycles. The summed E-state index contributed by atoms with van der Waals surface area (Å²) in [5.74, 6) is 0. The van der Waals surface area contributed by atoms with E-state index in [0.29, 0.717) is 5.56 Å². The molecule has 1 aromatic heterocycles. The third-order valence-electron chi connectivity index (χ3n) is 4.35. The van der Waals surface area contributed by atoms with Gasteiger partial charge in [0.05, 0.1) is 17.7 Å². The summed E-state index contributed by atoms with van der Waals surface area (Å²) in [6.07, 6.45) is 8.13. The van der Waals surface area contributed by atoms with Gasteiger partial charge in [-0.3, -0.25) is 0 Å². The van der Waals surface area contributed by atoms with E-state index in [1.165, 1.54) is 11.1 Å². The van der Waals surface area contributed by atoms with Gasteiger partial charge in [-0.2, -0.15) is 5.26 Å². The average molecular weight is 280 g/mol. The molecule has 1 unspecified atom stereocenters. The molecule has 0 radical (unpaired) electrons. The van der Waals surface area contributed by atoms with E-state index in [4.69, 9.17) is 5.26 Å². The van der Waals surface area contributed by atoms with Crippen LogP contribution in [0.25, 0.3) is 0 Å². The monoisotopic (exact) mass is 280 g/mol. The van der Waals surface area contributed by atoms with Crippen LogP contribution in [0.1, 0.15) is 53.2 Å². The summed E-state index contributed by atoms with van der Waals surface area (Å²) in [6, 6.07) is 7.99. The zero-order valence-corrected chi connectivity index (χ0v) is 12.3. The molecule has 0 bridgehead atoms. The molecule has 0 spiro atoms. The third kappa shape index (κ3) is 2.86. The van der Waals surface area contributed by atoms with Crippen LogP contribution in [0.4, 0.5) is 0 Å². The van der Waals surface area contributed by atoms with Gasteiger partial charge in [-0.1, -0.05) is 12.5 Å². The molecule has 1 atom stereocenters. The predicted octanol–water partition coefficient (Wildman–Crippen LogP) is 3.48. The van der Waals surface area contributed by atoms with Crippen molar-refractivity contribution in [3.05, 3.63) is 58.4 Å². The molecule has 3 heteroatoms. The van der Waals surface area contributed by atoms with Gasteiger partial charge in [-0.25, -0.2) is 0 Å². The van der Waals surface area contributed by atoms with E-state index in [9.17, 15) is 5.11 Å². The second-order valence-electron chi connectivity index (χ2n) is 5.93. The van der Waals surface area contributed by atoms with Crippen molar-refractivity contribution in [2.45, 2.75) is 45.3 Å². The standard InChI is InChI=1S/C18H20N2O/c1-13-8-14(9-19)6-7-15(13)10-20-11-16-4-2-3-5-18(21)17(16)12-20/h6-8,11-12,18,21H,2-5,10H2,1H3. The number of nitrogens with zero attached hydrogens (tertiary/aromatic N) is 2. The molecule has 1 aliphatic rings. The molecule has 21 heavy (non-hydrogen) atoms. The van der Waals surface area contributed by atoms with Crippen LogP contribution in [0, 0.1) is 18.3 Å². The number of rotatable bonds is 2. The fourth-order valence-electron chi connectivity index (χ4n) is 3.12. The lowest BCUT2D eigenvalue weighted by molar-refractivity contribution is 0.166. The Morgan fingerprint density at radius 3 is 2.95 bits per heavy atom. The quantitative estimate of drug-likeness (QED) is 0.856. The van der Waals surface area contributed by atoms with Crippen molar-refractivity contribution in [2.24, 2.45) is 0 Å². The third-order valence-corrected chi connectivity index (χ3v) is 4.35. The van der Waals surface area contributed by atoms with Gasteiger partial charge in [-0.15, -0.1) is 0 Å². The maximum atomic E-state index is 10.2. The maximum absolute atomic E-state index is 10.2. The number of aromatic nitrogens is 1. The Labute approximate surface area is 125 Å². The molecule has 0 saturated heterocycles. The highest BCUT2D eigenvalue weighted by Crippen LogP contribution is 2.29. The SMILES string of the molecule is Cc1cc(C#N)ccc1Cn1cc2c(c1)C(O)CCCC2. The Kier molecular flexibility index (Phi) is 3.81. The minimum atomic E-state index is -0.314. The summed E-state index contributed by atoms with van der Waals surface area (Å²) in [5.41, 5.74) is 5.44. The van der Waals surface area contributed by atoms with Crippen molar-refractivity contribution >= 4 is 0 Å². The van der Waals surface area contributed by atoms with Crippen LogP contribution in [0.3, 0.4) is 0 Å². The molecule has 0 fully saturated rings. The maximum Gasteiger partial charge on any atom is 0.0991 e. The number of nitriles is 1. The lowest BCUT2D eigenvalue weighted by Gasteiger charge is -2.08. The van der Waals surface area contributed by atoms with Crippen molar-refractivity contribution in [1.29, 1.82) is 5.26 Å². The molecule has 0 aliphatic heterocycles. The lowest BCUT2D eigenvalue weighted by Crippen LogP contribution is -2.00. The van der Waals surface area contributed by atoms with Crippen LogP contribution in [0.5, 0.6) is 0 Å². The minimum absolute atomic E-state index is 0.314. The van der Waals surface area contributed by atoms with E-state index in [0.717, 1.165) is 43.4 Å². The zero-order valence-electron chi connectivity index (χ0n) is 12.3. The predicted molar refractivity (Wildman–Crippen MR) is 81.9 cm³/mol. The van der Waals surface area contributed by atoms with E-state index in [-0.39, 0.29) is 6.10 Å². The zero-order chi connectivity index (χ0) is 14.8. The number of aryl methyl sites for hydroxylation is 2. The van der Waals surface area contributed by atoms with Gasteiger partial charge in [0.15, 0.2) is 0 Å². The van der Waals surface area contributed by atoms with E-state index >= 15 is 0 Å². The van der Waals surface area contributed by atoms with E-state index in [1.54, 1.807) is 0 Å². The largest absolute Gasteiger partial charge is 0.388 e. The van der Waals surface area contributed by atoms with Gasteiger partial charge in [-0.05, 0) is 55.0 Å². The number of fused-ring (bicyclic) bond motifs is 1. The Hall–Kier alpha value is -2.05. The second-order valence-corrected chi connectivity index (χ2v) is 5.93. The second kappa shape index (κ2) is 5.75. The Morgan fingerprint density at radius 1 is 1.33 bits per heavy atom. The minimum Gasteiger partial charge on any atom is -0.388 e. The number of hydrogen-bond donors (Lipinski definition) is 1. The van der Waals surface area contributed by atoms with Crippen molar-refractivity contribution in [1.82, 2.24) is 4.57 Å². The average Bonchev–Trinajstić information content (AvgIpc) is 2.81. The van der Waals surface area contributed by atoms with E-state index in [2.05, 4.69) is 23.0 Å². The molecule has 1 heterocycles. The number of hydrogen-bond acceptors (Lipinski definition) is 2. The highest BCUT2D eigenvalue weighted by atomic mass is 16.3. The molecular weight excluding hydrogens is 260 g/mol. The van der Waals surface area contributed by atoms with Crippen LogP contribution in [-0.2, 0) is 13.0 Å². The molecular formula is C18H20N2O. The van der Waals surface area contributed by atoms with Crippen molar-refractivity contribution in [3.63, 3.8) is 0 Å². The highest BCUT2D eigenvalue weighted by molar-refractivity contribution is 5.38. The molecule has 0 amide bonds. The summed E-state index contributed by atoms with van der Waals surface area (Å²) >= 11 is 0. The van der Waals surface area contributed by atoms with Crippen molar-refractivity contribution in [3.8, 4) is 6.07 Å². The number of benzene rings is 1. The fourth-order valence-corrected chi connectivity index (χ4v) is 3.12. The Morgan fingerprint density at radius 2 is 2.19 bits per heavy atom. The van der Waals surface area contributed by atoms with Gasteiger partial charge >= 0.3 is 0 Å². The first-order valence-electron chi connectivity index (χ1n) is 7.53. The van der Waals surface area contributed by atoms with E-state index < -0.39 is 0 Å². The normalized spacial score (nSPS) is 17.9. The Bertz CT molecular complexity index is 694. The molecule has 3 nitrogen and oxygen atoms in total. The fraction of sp³-hybridized carbons (Fsp3) is 0.389. The van der Waals surface area contributed by atoms with Crippen LogP contribution in [0.2, 0.25) is 0 Å². The summed E-state index contributed by atoms with van der Waals surface area (Å²) in [7, 11) is 0. The summed E-state index contributed by atoms with van der Waals surface area (Å²) in [6.45, 7) is 2.83. The number of aliphatic hydroxyl groups excluding tert-OH is 1. The topological polar surface area (TPSA) is 49.0 Å². The number of aliphatic hydroxyl groups is 1. The van der Waals surface area contributed by atoms with Gasteiger partial charge in [0.25, 0.3) is 0 Å². The summed E-state index contributed by atoms with van der Waals surface area (Å²) in [5, 5.41) is 19.1. The van der Waals surface area contributed by atoms with Gasteiger partial charge < -0.3 is 9.67 Å². The highest BCUT2D eigenvalue weighted by Gasteiger charge is 2.18. The van der Waals surface area contributed by atoms with Gasteiger partial charge in [0, 0.05) is 24.5 Å². The van der Waals surface area contributed by atoms with Crippen LogP contribution >= 0.6 is 0 Å². The van der Waals surface area contributed by atoms with Crippen molar-refractivity contribution in [2.75, 3.05) is 0 Å². The molecule has 3 rings (SSSR count).